The number of nitrogens with zero attached hydrogens (tertiary/aromatic N) is 1. The van der Waals surface area contributed by atoms with Crippen LogP contribution in [-0.2, 0) is 0 Å². The number of anilines is 1. The number of rotatable bonds is 2. The van der Waals surface area contributed by atoms with E-state index >= 15 is 0 Å². The number of piperidine rings is 1. The number of halogens is 2. The third kappa shape index (κ3) is 2.84. The second-order valence-corrected chi connectivity index (χ2v) is 5.37. The number of benzene rings is 1. The fourth-order valence-corrected chi connectivity index (χ4v) is 2.46. The molecule has 0 amide bonds. The molecule has 6 heteroatoms. The first-order valence-electron chi connectivity index (χ1n) is 6.12. The van der Waals surface area contributed by atoms with Crippen molar-refractivity contribution in [1.82, 2.24) is 0 Å². The van der Waals surface area contributed by atoms with Crippen LogP contribution in [-0.4, -0.2) is 29.3 Å². The van der Waals surface area contributed by atoms with Gasteiger partial charge in [0.25, 0.3) is 0 Å². The minimum atomic E-state index is -0.675. The number of aliphatic hydroxyl groups is 1. The zero-order valence-corrected chi connectivity index (χ0v) is 11.4. The molecule has 1 heterocycles. The van der Waals surface area contributed by atoms with Gasteiger partial charge in [-0.1, -0.05) is 19.1 Å². The molecule has 0 aliphatic carbocycles. The summed E-state index contributed by atoms with van der Waals surface area (Å²) in [5.74, 6) is -1.37. The summed E-state index contributed by atoms with van der Waals surface area (Å²) in [4.78, 5) is 1.58. The van der Waals surface area contributed by atoms with Crippen molar-refractivity contribution >= 4 is 22.9 Å². The summed E-state index contributed by atoms with van der Waals surface area (Å²) in [5, 5.41) is 9.65. The first kappa shape index (κ1) is 14.1. The van der Waals surface area contributed by atoms with Gasteiger partial charge in [-0.05, 0) is 24.5 Å². The van der Waals surface area contributed by atoms with Gasteiger partial charge in [0.05, 0.1) is 6.10 Å². The molecule has 0 saturated carbocycles. The molecule has 104 valence electrons. The van der Waals surface area contributed by atoms with E-state index in [1.54, 1.807) is 4.90 Å². The molecule has 1 aromatic rings. The molecule has 0 spiro atoms. The molecule has 3 nitrogen and oxygen atoms in total. The van der Waals surface area contributed by atoms with E-state index in [-0.39, 0.29) is 22.2 Å². The largest absolute Gasteiger partial charge is 0.393 e. The van der Waals surface area contributed by atoms with Gasteiger partial charge in [0, 0.05) is 18.7 Å². The molecule has 2 atom stereocenters. The van der Waals surface area contributed by atoms with E-state index in [1.807, 2.05) is 6.92 Å². The number of hydrogen-bond donors (Lipinski definition) is 2. The maximum Gasteiger partial charge on any atom is 0.150 e. The molecule has 1 aliphatic rings. The summed E-state index contributed by atoms with van der Waals surface area (Å²) in [7, 11) is 0. The molecule has 1 aliphatic heterocycles. The van der Waals surface area contributed by atoms with Gasteiger partial charge in [-0.25, -0.2) is 8.78 Å². The van der Waals surface area contributed by atoms with Crippen LogP contribution < -0.4 is 10.6 Å². The first-order chi connectivity index (χ1) is 8.90. The Kier molecular flexibility index (Phi) is 4.01. The molecule has 0 bridgehead atoms. The van der Waals surface area contributed by atoms with Gasteiger partial charge in [-0.2, -0.15) is 0 Å². The predicted octanol–water partition coefficient (Wildman–Crippen LogP) is 1.81. The minimum absolute atomic E-state index is 0.0252. The topological polar surface area (TPSA) is 49.5 Å². The van der Waals surface area contributed by atoms with Gasteiger partial charge in [0.15, 0.2) is 0 Å². The Hall–Kier alpha value is -1.27. The third-order valence-electron chi connectivity index (χ3n) is 3.48. The fraction of sp³-hybridized carbons (Fsp3) is 0.462. The Morgan fingerprint density at radius 3 is 2.47 bits per heavy atom. The number of hydrogen-bond acceptors (Lipinski definition) is 3. The van der Waals surface area contributed by atoms with E-state index in [2.05, 4.69) is 0 Å². The van der Waals surface area contributed by atoms with Crippen LogP contribution in [0.5, 0.6) is 0 Å². The Morgan fingerprint density at radius 2 is 2.00 bits per heavy atom. The van der Waals surface area contributed by atoms with Gasteiger partial charge in [0.1, 0.15) is 22.3 Å². The van der Waals surface area contributed by atoms with Crippen LogP contribution in [0.25, 0.3) is 0 Å². The lowest BCUT2D eigenvalue weighted by Crippen LogP contribution is -2.42. The second kappa shape index (κ2) is 5.38. The zero-order chi connectivity index (χ0) is 14.2. The number of nitrogens with two attached hydrogens (primary N) is 1. The van der Waals surface area contributed by atoms with Gasteiger partial charge < -0.3 is 15.7 Å². The summed E-state index contributed by atoms with van der Waals surface area (Å²) in [5.41, 5.74) is 5.48. The maximum atomic E-state index is 14.0. The van der Waals surface area contributed by atoms with Crippen molar-refractivity contribution in [3.05, 3.63) is 29.3 Å². The summed E-state index contributed by atoms with van der Waals surface area (Å²) in [6, 6.07) is 2.30. The van der Waals surface area contributed by atoms with Gasteiger partial charge in [-0.3, -0.25) is 0 Å². The second-order valence-electron chi connectivity index (χ2n) is 4.93. The average Bonchev–Trinajstić information content (AvgIpc) is 2.32. The summed E-state index contributed by atoms with van der Waals surface area (Å²) in [6.07, 6.45) is 0.0788. The Labute approximate surface area is 116 Å². The van der Waals surface area contributed by atoms with Crippen molar-refractivity contribution < 1.29 is 13.9 Å². The van der Waals surface area contributed by atoms with Crippen molar-refractivity contribution in [2.24, 2.45) is 11.7 Å². The Bertz CT molecular complexity index is 486. The zero-order valence-electron chi connectivity index (χ0n) is 10.6. The quantitative estimate of drug-likeness (QED) is 0.814. The maximum absolute atomic E-state index is 14.0. The van der Waals surface area contributed by atoms with Crippen LogP contribution in [0, 0.1) is 17.6 Å². The van der Waals surface area contributed by atoms with Crippen molar-refractivity contribution in [3.8, 4) is 0 Å². The highest BCUT2D eigenvalue weighted by Gasteiger charge is 2.28. The molecular formula is C13H16F2N2OS. The van der Waals surface area contributed by atoms with E-state index in [4.69, 9.17) is 18.0 Å². The van der Waals surface area contributed by atoms with Crippen LogP contribution in [0.4, 0.5) is 14.5 Å². The molecule has 1 aromatic carbocycles. The van der Waals surface area contributed by atoms with Crippen LogP contribution in [0.3, 0.4) is 0 Å². The Morgan fingerprint density at radius 1 is 1.42 bits per heavy atom. The molecular weight excluding hydrogens is 270 g/mol. The highest BCUT2D eigenvalue weighted by Crippen LogP contribution is 2.29. The van der Waals surface area contributed by atoms with E-state index in [1.165, 1.54) is 0 Å². The normalized spacial score (nSPS) is 23.5. The molecule has 1 fully saturated rings. The van der Waals surface area contributed by atoms with Gasteiger partial charge >= 0.3 is 0 Å². The lowest BCUT2D eigenvalue weighted by molar-refractivity contribution is 0.0966. The summed E-state index contributed by atoms with van der Waals surface area (Å²) >= 11 is 4.71. The van der Waals surface area contributed by atoms with E-state index in [0.717, 1.165) is 12.1 Å². The van der Waals surface area contributed by atoms with E-state index < -0.39 is 17.7 Å². The minimum Gasteiger partial charge on any atom is -0.393 e. The van der Waals surface area contributed by atoms with Crippen LogP contribution in [0.1, 0.15) is 18.9 Å². The molecule has 2 rings (SSSR count). The van der Waals surface area contributed by atoms with Crippen LogP contribution >= 0.6 is 12.2 Å². The van der Waals surface area contributed by atoms with Crippen molar-refractivity contribution in [1.29, 1.82) is 0 Å². The molecule has 2 unspecified atom stereocenters. The third-order valence-corrected chi connectivity index (χ3v) is 3.71. The van der Waals surface area contributed by atoms with Crippen molar-refractivity contribution in [2.75, 3.05) is 18.0 Å². The Balaban J connectivity index is 2.33. The lowest BCUT2D eigenvalue weighted by atomic mass is 9.96. The SMILES string of the molecule is CC1CN(c2c(F)cc(C(N)=S)cc2F)CCC1O. The highest BCUT2D eigenvalue weighted by molar-refractivity contribution is 7.80. The van der Waals surface area contributed by atoms with Gasteiger partial charge in [-0.15, -0.1) is 0 Å². The molecule has 19 heavy (non-hydrogen) atoms. The molecule has 3 N–H and O–H groups in total. The van der Waals surface area contributed by atoms with Crippen molar-refractivity contribution in [3.63, 3.8) is 0 Å². The smallest absolute Gasteiger partial charge is 0.150 e. The average molecular weight is 286 g/mol. The number of thiocarbonyl (C=S) groups is 1. The highest BCUT2D eigenvalue weighted by atomic mass is 32.1. The van der Waals surface area contributed by atoms with Crippen molar-refractivity contribution in [2.45, 2.75) is 19.4 Å². The molecule has 0 aromatic heterocycles. The fourth-order valence-electron chi connectivity index (χ4n) is 2.35. The first-order valence-corrected chi connectivity index (χ1v) is 6.53. The predicted molar refractivity (Wildman–Crippen MR) is 74.2 cm³/mol. The number of aliphatic hydroxyl groups excluding tert-OH is 1. The van der Waals surface area contributed by atoms with E-state index in [0.29, 0.717) is 19.5 Å². The van der Waals surface area contributed by atoms with Gasteiger partial charge in [0.2, 0.25) is 0 Å². The summed E-state index contributed by atoms with van der Waals surface area (Å²) in [6.45, 7) is 2.70. The summed E-state index contributed by atoms with van der Waals surface area (Å²) < 4.78 is 28.0. The van der Waals surface area contributed by atoms with E-state index in [9.17, 15) is 13.9 Å². The van der Waals surface area contributed by atoms with Crippen LogP contribution in [0.15, 0.2) is 12.1 Å². The monoisotopic (exact) mass is 286 g/mol. The molecule has 0 radical (unpaired) electrons. The standard InChI is InChI=1S/C13H16F2N2OS/c1-7-6-17(3-2-11(7)18)12-9(14)4-8(13(16)19)5-10(12)15/h4-5,7,11,18H,2-3,6H2,1H3,(H2,16,19). The van der Waals surface area contributed by atoms with Crippen LogP contribution in [0.2, 0.25) is 0 Å². The lowest BCUT2D eigenvalue weighted by Gasteiger charge is -2.36. The molecule has 1 saturated heterocycles.